The number of hydrogen-bond acceptors (Lipinski definition) is 3. The second kappa shape index (κ2) is 5.61. The maximum Gasteiger partial charge on any atom is 0.410 e. The Morgan fingerprint density at radius 2 is 2.00 bits per heavy atom. The van der Waals surface area contributed by atoms with Crippen LogP contribution in [-0.2, 0) is 11.3 Å². The van der Waals surface area contributed by atoms with Crippen molar-refractivity contribution in [2.24, 2.45) is 0 Å². The molecule has 1 aromatic rings. The highest BCUT2D eigenvalue weighted by molar-refractivity contribution is 5.68. The summed E-state index contributed by atoms with van der Waals surface area (Å²) in [6, 6.07) is 9.83. The van der Waals surface area contributed by atoms with Gasteiger partial charge in [-0.15, -0.1) is 0 Å². The predicted molar refractivity (Wildman–Crippen MR) is 72.7 cm³/mol. The van der Waals surface area contributed by atoms with E-state index in [1.54, 1.807) is 18.7 Å². The molecule has 1 aromatic carbocycles. The Bertz CT molecular complexity index is 421. The van der Waals surface area contributed by atoms with Crippen molar-refractivity contribution in [2.45, 2.75) is 44.9 Å². The monoisotopic (exact) mass is 263 g/mol. The van der Waals surface area contributed by atoms with Gasteiger partial charge in [-0.05, 0) is 32.3 Å². The van der Waals surface area contributed by atoms with E-state index in [0.29, 0.717) is 6.54 Å². The first-order chi connectivity index (χ1) is 8.96. The molecule has 1 fully saturated rings. The zero-order valence-corrected chi connectivity index (χ0v) is 11.5. The van der Waals surface area contributed by atoms with Crippen LogP contribution in [0.4, 0.5) is 4.79 Å². The molecule has 19 heavy (non-hydrogen) atoms. The molecule has 0 radical (unpaired) electrons. The van der Waals surface area contributed by atoms with Gasteiger partial charge < -0.3 is 14.7 Å². The molecule has 0 heterocycles. The molecule has 1 N–H and O–H groups in total. The van der Waals surface area contributed by atoms with Gasteiger partial charge in [0.15, 0.2) is 0 Å². The van der Waals surface area contributed by atoms with E-state index >= 15 is 0 Å². The maximum absolute atomic E-state index is 12.1. The molecule has 0 bridgehead atoms. The molecule has 0 aliphatic heterocycles. The standard InChI is InChI=1S/C15H21NO3/c1-15(2,18)11-16(13-8-9-13)14(17)19-10-12-6-4-3-5-7-12/h3-7,13,18H,8-11H2,1-2H3. The van der Waals surface area contributed by atoms with Crippen LogP contribution < -0.4 is 0 Å². The van der Waals surface area contributed by atoms with Gasteiger partial charge in [0, 0.05) is 6.04 Å². The Morgan fingerprint density at radius 1 is 1.37 bits per heavy atom. The van der Waals surface area contributed by atoms with E-state index in [0.717, 1.165) is 18.4 Å². The van der Waals surface area contributed by atoms with Crippen LogP contribution in [0.15, 0.2) is 30.3 Å². The van der Waals surface area contributed by atoms with Crippen molar-refractivity contribution < 1.29 is 14.6 Å². The van der Waals surface area contributed by atoms with Crippen LogP contribution in [0.3, 0.4) is 0 Å². The molecule has 4 nitrogen and oxygen atoms in total. The van der Waals surface area contributed by atoms with Crippen LogP contribution in [0, 0.1) is 0 Å². The third-order valence-electron chi connectivity index (χ3n) is 2.98. The van der Waals surface area contributed by atoms with Crippen molar-refractivity contribution in [2.75, 3.05) is 6.54 Å². The molecule has 1 saturated carbocycles. The molecule has 1 aliphatic carbocycles. The third-order valence-corrected chi connectivity index (χ3v) is 2.98. The molecular weight excluding hydrogens is 242 g/mol. The number of amides is 1. The number of carbonyl (C=O) groups excluding carboxylic acids is 1. The second-order valence-electron chi connectivity index (χ2n) is 5.71. The predicted octanol–water partition coefficient (Wildman–Crippen LogP) is 2.56. The van der Waals surface area contributed by atoms with Gasteiger partial charge in [0.2, 0.25) is 0 Å². The van der Waals surface area contributed by atoms with Crippen molar-refractivity contribution in [1.29, 1.82) is 0 Å². The van der Waals surface area contributed by atoms with E-state index in [4.69, 9.17) is 4.74 Å². The van der Waals surface area contributed by atoms with Gasteiger partial charge in [-0.1, -0.05) is 30.3 Å². The van der Waals surface area contributed by atoms with Gasteiger partial charge in [-0.3, -0.25) is 0 Å². The second-order valence-corrected chi connectivity index (χ2v) is 5.71. The minimum Gasteiger partial charge on any atom is -0.445 e. The number of carbonyl (C=O) groups is 1. The van der Waals surface area contributed by atoms with E-state index in [-0.39, 0.29) is 18.7 Å². The van der Waals surface area contributed by atoms with E-state index < -0.39 is 5.60 Å². The van der Waals surface area contributed by atoms with E-state index in [1.807, 2.05) is 30.3 Å². The highest BCUT2D eigenvalue weighted by atomic mass is 16.6. The molecule has 2 rings (SSSR count). The number of nitrogens with zero attached hydrogens (tertiary/aromatic N) is 1. The van der Waals surface area contributed by atoms with Crippen LogP contribution in [0.1, 0.15) is 32.3 Å². The van der Waals surface area contributed by atoms with Crippen molar-refractivity contribution >= 4 is 6.09 Å². The molecule has 0 unspecified atom stereocenters. The first-order valence-electron chi connectivity index (χ1n) is 6.65. The fourth-order valence-corrected chi connectivity index (χ4v) is 1.95. The number of aliphatic hydroxyl groups is 1. The van der Waals surface area contributed by atoms with Gasteiger partial charge in [0.05, 0.1) is 12.1 Å². The summed E-state index contributed by atoms with van der Waals surface area (Å²) in [5.74, 6) is 0. The highest BCUT2D eigenvalue weighted by Crippen LogP contribution is 2.29. The minimum atomic E-state index is -0.894. The van der Waals surface area contributed by atoms with Crippen molar-refractivity contribution in [3.8, 4) is 0 Å². The maximum atomic E-state index is 12.1. The smallest absolute Gasteiger partial charge is 0.410 e. The Morgan fingerprint density at radius 3 is 2.53 bits per heavy atom. The largest absolute Gasteiger partial charge is 0.445 e. The summed E-state index contributed by atoms with van der Waals surface area (Å²) < 4.78 is 5.31. The molecule has 104 valence electrons. The lowest BCUT2D eigenvalue weighted by atomic mass is 10.1. The quantitative estimate of drug-likeness (QED) is 0.888. The lowest BCUT2D eigenvalue weighted by Crippen LogP contribution is -2.43. The number of hydrogen-bond donors (Lipinski definition) is 1. The Hall–Kier alpha value is -1.55. The molecule has 0 saturated heterocycles. The zero-order valence-electron chi connectivity index (χ0n) is 11.5. The summed E-state index contributed by atoms with van der Waals surface area (Å²) in [5.41, 5.74) is 0.0730. The van der Waals surface area contributed by atoms with Crippen molar-refractivity contribution in [1.82, 2.24) is 4.90 Å². The summed E-state index contributed by atoms with van der Waals surface area (Å²) in [4.78, 5) is 13.7. The van der Waals surface area contributed by atoms with E-state index in [9.17, 15) is 9.90 Å². The third kappa shape index (κ3) is 4.56. The Labute approximate surface area is 114 Å². The summed E-state index contributed by atoms with van der Waals surface area (Å²) in [6.45, 7) is 3.99. The van der Waals surface area contributed by atoms with Crippen LogP contribution in [0.5, 0.6) is 0 Å². The van der Waals surface area contributed by atoms with Gasteiger partial charge in [0.25, 0.3) is 0 Å². The van der Waals surface area contributed by atoms with Gasteiger partial charge in [-0.25, -0.2) is 4.79 Å². The summed E-state index contributed by atoms with van der Waals surface area (Å²) in [5, 5.41) is 9.85. The Balaban J connectivity index is 1.89. The molecule has 0 atom stereocenters. The number of benzene rings is 1. The number of rotatable bonds is 5. The lowest BCUT2D eigenvalue weighted by molar-refractivity contribution is 0.0233. The van der Waals surface area contributed by atoms with Gasteiger partial charge >= 0.3 is 6.09 Å². The highest BCUT2D eigenvalue weighted by Gasteiger charge is 2.36. The molecular formula is C15H21NO3. The molecule has 0 aromatic heterocycles. The first kappa shape index (κ1) is 13.9. The average molecular weight is 263 g/mol. The van der Waals surface area contributed by atoms with Crippen molar-refractivity contribution in [3.05, 3.63) is 35.9 Å². The minimum absolute atomic E-state index is 0.231. The van der Waals surface area contributed by atoms with E-state index in [2.05, 4.69) is 0 Å². The van der Waals surface area contributed by atoms with Crippen LogP contribution in [0.2, 0.25) is 0 Å². The van der Waals surface area contributed by atoms with Crippen LogP contribution >= 0.6 is 0 Å². The van der Waals surface area contributed by atoms with Crippen molar-refractivity contribution in [3.63, 3.8) is 0 Å². The molecule has 4 heteroatoms. The van der Waals surface area contributed by atoms with Gasteiger partial charge in [-0.2, -0.15) is 0 Å². The van der Waals surface area contributed by atoms with E-state index in [1.165, 1.54) is 0 Å². The van der Waals surface area contributed by atoms with Gasteiger partial charge in [0.1, 0.15) is 6.61 Å². The topological polar surface area (TPSA) is 49.8 Å². The Kier molecular flexibility index (Phi) is 4.10. The lowest BCUT2D eigenvalue weighted by Gasteiger charge is -2.28. The van der Waals surface area contributed by atoms with Crippen LogP contribution in [0.25, 0.3) is 0 Å². The molecule has 1 aliphatic rings. The molecule has 1 amide bonds. The summed E-state index contributed by atoms with van der Waals surface area (Å²) >= 11 is 0. The van der Waals surface area contributed by atoms with Crippen LogP contribution in [-0.4, -0.2) is 34.3 Å². The average Bonchev–Trinajstić information content (AvgIpc) is 3.17. The molecule has 0 spiro atoms. The zero-order chi connectivity index (χ0) is 13.9. The number of ether oxygens (including phenoxy) is 1. The normalized spacial score (nSPS) is 15.1. The SMILES string of the molecule is CC(C)(O)CN(C(=O)OCc1ccccc1)C1CC1. The fourth-order valence-electron chi connectivity index (χ4n) is 1.95. The fraction of sp³-hybridized carbons (Fsp3) is 0.533. The summed E-state index contributed by atoms with van der Waals surface area (Å²) in [6.07, 6.45) is 1.65. The summed E-state index contributed by atoms with van der Waals surface area (Å²) in [7, 11) is 0. The first-order valence-corrected chi connectivity index (χ1v) is 6.65.